The van der Waals surface area contributed by atoms with Gasteiger partial charge in [0, 0.05) is 12.1 Å². The lowest BCUT2D eigenvalue weighted by Gasteiger charge is -2.13. The van der Waals surface area contributed by atoms with E-state index >= 15 is 0 Å². The van der Waals surface area contributed by atoms with Gasteiger partial charge in [0.2, 0.25) is 0 Å². The molecule has 0 amide bonds. The van der Waals surface area contributed by atoms with Crippen molar-refractivity contribution in [2.24, 2.45) is 0 Å². The maximum absolute atomic E-state index is 6.00. The van der Waals surface area contributed by atoms with E-state index in [2.05, 4.69) is 5.32 Å². The van der Waals surface area contributed by atoms with Crippen molar-refractivity contribution in [3.63, 3.8) is 0 Å². The molecule has 0 radical (unpaired) electrons. The van der Waals surface area contributed by atoms with Gasteiger partial charge in [-0.25, -0.2) is 0 Å². The van der Waals surface area contributed by atoms with Gasteiger partial charge in [0.15, 0.2) is 0 Å². The Labute approximate surface area is 94.2 Å². The molecular weight excluding hydrogens is 221 g/mol. The predicted molar refractivity (Wildman–Crippen MR) is 61.8 cm³/mol. The summed E-state index contributed by atoms with van der Waals surface area (Å²) < 4.78 is 5.09. The van der Waals surface area contributed by atoms with Gasteiger partial charge in [0.1, 0.15) is 5.75 Å². The highest BCUT2D eigenvalue weighted by Gasteiger charge is 2.08. The number of halogens is 2. The Balaban J connectivity index is 3.04. The second-order valence-electron chi connectivity index (χ2n) is 3.27. The second kappa shape index (κ2) is 4.76. The molecule has 0 aliphatic rings. The van der Waals surface area contributed by atoms with Crippen LogP contribution in [0.25, 0.3) is 0 Å². The number of hydrogen-bond donors (Lipinski definition) is 1. The molecule has 0 aliphatic heterocycles. The summed E-state index contributed by atoms with van der Waals surface area (Å²) in [6.45, 7) is 4.08. The van der Waals surface area contributed by atoms with Crippen LogP contribution in [0.15, 0.2) is 12.1 Å². The van der Waals surface area contributed by atoms with Crippen molar-refractivity contribution >= 4 is 28.9 Å². The van der Waals surface area contributed by atoms with E-state index in [1.165, 1.54) is 0 Å². The first-order valence-electron chi connectivity index (χ1n) is 4.34. The number of anilines is 1. The summed E-state index contributed by atoms with van der Waals surface area (Å²) in [5.41, 5.74) is 0.836. The molecule has 0 saturated heterocycles. The summed E-state index contributed by atoms with van der Waals surface area (Å²) in [5, 5.41) is 4.33. The number of benzene rings is 1. The molecule has 78 valence electrons. The summed E-state index contributed by atoms with van der Waals surface area (Å²) in [6.07, 6.45) is 0. The van der Waals surface area contributed by atoms with E-state index in [1.54, 1.807) is 19.2 Å². The average Bonchev–Trinajstić information content (AvgIpc) is 2.09. The molecule has 0 saturated carbocycles. The standard InChI is InChI=1S/C10H13Cl2NO/c1-6(2)13-9-5-10(14-3)8(12)4-7(9)11/h4-6,13H,1-3H3. The van der Waals surface area contributed by atoms with Crippen LogP contribution >= 0.6 is 23.2 Å². The third kappa shape index (κ3) is 2.69. The minimum absolute atomic E-state index is 0.318. The predicted octanol–water partition coefficient (Wildman–Crippen LogP) is 3.82. The number of nitrogens with one attached hydrogen (secondary N) is 1. The summed E-state index contributed by atoms with van der Waals surface area (Å²) in [7, 11) is 1.58. The molecule has 0 heterocycles. The molecule has 0 aromatic heterocycles. The Hall–Kier alpha value is -0.600. The van der Waals surface area contributed by atoms with Crippen molar-refractivity contribution in [3.8, 4) is 5.75 Å². The van der Waals surface area contributed by atoms with Crippen molar-refractivity contribution in [3.05, 3.63) is 22.2 Å². The molecule has 1 N–H and O–H groups in total. The van der Waals surface area contributed by atoms with Crippen LogP contribution in [0.2, 0.25) is 10.0 Å². The summed E-state index contributed by atoms with van der Waals surface area (Å²) in [6, 6.07) is 3.79. The lowest BCUT2D eigenvalue weighted by Crippen LogP contribution is -2.10. The van der Waals surface area contributed by atoms with Crippen molar-refractivity contribution in [1.29, 1.82) is 0 Å². The SMILES string of the molecule is COc1cc(NC(C)C)c(Cl)cc1Cl. The van der Waals surface area contributed by atoms with Crippen LogP contribution < -0.4 is 10.1 Å². The zero-order valence-electron chi connectivity index (χ0n) is 8.40. The number of rotatable bonds is 3. The van der Waals surface area contributed by atoms with E-state index in [9.17, 15) is 0 Å². The molecule has 2 nitrogen and oxygen atoms in total. The van der Waals surface area contributed by atoms with Crippen LogP contribution in [0.4, 0.5) is 5.69 Å². The van der Waals surface area contributed by atoms with Gasteiger partial charge in [0.05, 0.1) is 22.8 Å². The van der Waals surface area contributed by atoms with E-state index in [0.29, 0.717) is 21.8 Å². The molecule has 0 fully saturated rings. The van der Waals surface area contributed by atoms with Crippen LogP contribution in [0, 0.1) is 0 Å². The van der Waals surface area contributed by atoms with Crippen molar-refractivity contribution < 1.29 is 4.74 Å². The van der Waals surface area contributed by atoms with E-state index < -0.39 is 0 Å². The highest BCUT2D eigenvalue weighted by molar-refractivity contribution is 6.37. The smallest absolute Gasteiger partial charge is 0.139 e. The first-order valence-corrected chi connectivity index (χ1v) is 5.09. The number of hydrogen-bond acceptors (Lipinski definition) is 2. The van der Waals surface area contributed by atoms with Crippen molar-refractivity contribution in [1.82, 2.24) is 0 Å². The Kier molecular flexibility index (Phi) is 3.90. The fraction of sp³-hybridized carbons (Fsp3) is 0.400. The molecule has 14 heavy (non-hydrogen) atoms. The number of ether oxygens (including phenoxy) is 1. The minimum Gasteiger partial charge on any atom is -0.495 e. The summed E-state index contributed by atoms with van der Waals surface area (Å²) in [5.74, 6) is 0.624. The Morgan fingerprint density at radius 2 is 1.86 bits per heavy atom. The van der Waals surface area contributed by atoms with E-state index in [0.717, 1.165) is 5.69 Å². The fourth-order valence-corrected chi connectivity index (χ4v) is 1.62. The topological polar surface area (TPSA) is 21.3 Å². The fourth-order valence-electron chi connectivity index (χ4n) is 1.11. The van der Waals surface area contributed by atoms with Crippen molar-refractivity contribution in [2.45, 2.75) is 19.9 Å². The second-order valence-corrected chi connectivity index (χ2v) is 4.08. The lowest BCUT2D eigenvalue weighted by atomic mass is 10.2. The largest absolute Gasteiger partial charge is 0.495 e. The van der Waals surface area contributed by atoms with Gasteiger partial charge in [0.25, 0.3) is 0 Å². The highest BCUT2D eigenvalue weighted by atomic mass is 35.5. The van der Waals surface area contributed by atoms with Crippen molar-refractivity contribution in [2.75, 3.05) is 12.4 Å². The van der Waals surface area contributed by atoms with Gasteiger partial charge < -0.3 is 10.1 Å². The summed E-state index contributed by atoms with van der Waals surface area (Å²) >= 11 is 11.9. The van der Waals surface area contributed by atoms with Crippen LogP contribution in [0.3, 0.4) is 0 Å². The lowest BCUT2D eigenvalue weighted by molar-refractivity contribution is 0.415. The molecule has 1 rings (SSSR count). The summed E-state index contributed by atoms with van der Waals surface area (Å²) in [4.78, 5) is 0. The van der Waals surface area contributed by atoms with Gasteiger partial charge >= 0.3 is 0 Å². The van der Waals surface area contributed by atoms with E-state index in [1.807, 2.05) is 13.8 Å². The number of methoxy groups -OCH3 is 1. The third-order valence-electron chi connectivity index (χ3n) is 1.69. The Bertz CT molecular complexity index is 326. The molecule has 4 heteroatoms. The maximum atomic E-state index is 6.00. The molecule has 1 aromatic rings. The van der Waals surface area contributed by atoms with Crippen LogP contribution in [-0.4, -0.2) is 13.2 Å². The minimum atomic E-state index is 0.318. The molecule has 0 aliphatic carbocycles. The maximum Gasteiger partial charge on any atom is 0.139 e. The van der Waals surface area contributed by atoms with Crippen LogP contribution in [-0.2, 0) is 0 Å². The molecule has 0 bridgehead atoms. The van der Waals surface area contributed by atoms with E-state index in [-0.39, 0.29) is 0 Å². The third-order valence-corrected chi connectivity index (χ3v) is 2.29. The van der Waals surface area contributed by atoms with Gasteiger partial charge in [-0.15, -0.1) is 0 Å². The quantitative estimate of drug-likeness (QED) is 0.858. The molecular formula is C10H13Cl2NO. The zero-order chi connectivity index (χ0) is 10.7. The first kappa shape index (κ1) is 11.5. The molecule has 1 aromatic carbocycles. The van der Waals surface area contributed by atoms with Crippen LogP contribution in [0.1, 0.15) is 13.8 Å². The Morgan fingerprint density at radius 1 is 1.21 bits per heavy atom. The monoisotopic (exact) mass is 233 g/mol. The Morgan fingerprint density at radius 3 is 2.36 bits per heavy atom. The van der Waals surface area contributed by atoms with Gasteiger partial charge in [-0.2, -0.15) is 0 Å². The van der Waals surface area contributed by atoms with Gasteiger partial charge in [-0.1, -0.05) is 23.2 Å². The molecule has 0 atom stereocenters. The van der Waals surface area contributed by atoms with E-state index in [4.69, 9.17) is 27.9 Å². The van der Waals surface area contributed by atoms with Crippen LogP contribution in [0.5, 0.6) is 5.75 Å². The average molecular weight is 234 g/mol. The van der Waals surface area contributed by atoms with Gasteiger partial charge in [-0.05, 0) is 19.9 Å². The normalized spacial score (nSPS) is 10.4. The molecule has 0 unspecified atom stereocenters. The van der Waals surface area contributed by atoms with Gasteiger partial charge in [-0.3, -0.25) is 0 Å². The molecule has 0 spiro atoms. The highest BCUT2D eigenvalue weighted by Crippen LogP contribution is 2.34. The zero-order valence-corrected chi connectivity index (χ0v) is 9.91. The first-order chi connectivity index (χ1) is 6.54.